The minimum absolute atomic E-state index is 0.0111. The van der Waals surface area contributed by atoms with Crippen molar-refractivity contribution in [3.63, 3.8) is 0 Å². The summed E-state index contributed by atoms with van der Waals surface area (Å²) in [5.41, 5.74) is 3.04. The highest BCUT2D eigenvalue weighted by Crippen LogP contribution is 2.35. The van der Waals surface area contributed by atoms with Gasteiger partial charge in [-0.25, -0.2) is 4.39 Å². The van der Waals surface area contributed by atoms with Gasteiger partial charge in [-0.3, -0.25) is 0 Å². The quantitative estimate of drug-likeness (QED) is 0.524. The van der Waals surface area contributed by atoms with Crippen molar-refractivity contribution in [2.75, 3.05) is 0 Å². The molecule has 0 fully saturated rings. The van der Waals surface area contributed by atoms with Gasteiger partial charge in [0.1, 0.15) is 5.82 Å². The number of alkyl halides is 1. The van der Waals surface area contributed by atoms with Crippen molar-refractivity contribution in [3.05, 3.63) is 83.2 Å². The van der Waals surface area contributed by atoms with E-state index in [1.165, 1.54) is 10.8 Å². The van der Waals surface area contributed by atoms with Gasteiger partial charge in [0.15, 0.2) is 0 Å². The lowest BCUT2D eigenvalue weighted by molar-refractivity contribution is 0.624. The van der Waals surface area contributed by atoms with Gasteiger partial charge in [-0.1, -0.05) is 64.5 Å². The Bertz CT molecular complexity index is 739. The minimum atomic E-state index is -0.190. The molecule has 0 bridgehead atoms. The molecule has 100 valence electrons. The maximum atomic E-state index is 13.6. The van der Waals surface area contributed by atoms with Crippen LogP contribution in [-0.4, -0.2) is 0 Å². The highest BCUT2D eigenvalue weighted by atomic mass is 79.9. The molecule has 0 saturated carbocycles. The molecular formula is C18H14BrF. The van der Waals surface area contributed by atoms with Crippen molar-refractivity contribution in [1.29, 1.82) is 0 Å². The van der Waals surface area contributed by atoms with Crippen LogP contribution in [0, 0.1) is 12.7 Å². The van der Waals surface area contributed by atoms with Crippen molar-refractivity contribution in [2.45, 2.75) is 11.8 Å². The number of hydrogen-bond acceptors (Lipinski definition) is 0. The van der Waals surface area contributed by atoms with E-state index < -0.39 is 0 Å². The maximum absolute atomic E-state index is 13.6. The normalized spacial score (nSPS) is 12.6. The van der Waals surface area contributed by atoms with Crippen LogP contribution in [0.4, 0.5) is 4.39 Å². The molecule has 20 heavy (non-hydrogen) atoms. The van der Waals surface area contributed by atoms with Gasteiger partial charge in [-0.2, -0.15) is 0 Å². The van der Waals surface area contributed by atoms with Crippen LogP contribution in [-0.2, 0) is 0 Å². The number of hydrogen-bond donors (Lipinski definition) is 0. The van der Waals surface area contributed by atoms with Crippen LogP contribution in [0.25, 0.3) is 10.8 Å². The molecule has 0 radical (unpaired) electrons. The molecule has 1 unspecified atom stereocenters. The fraction of sp³-hybridized carbons (Fsp3) is 0.111. The first-order valence-corrected chi connectivity index (χ1v) is 7.45. The first kappa shape index (κ1) is 13.3. The second-order valence-electron chi connectivity index (χ2n) is 4.99. The van der Waals surface area contributed by atoms with Crippen molar-refractivity contribution in [3.8, 4) is 0 Å². The smallest absolute Gasteiger partial charge is 0.123 e. The second kappa shape index (κ2) is 5.37. The zero-order valence-electron chi connectivity index (χ0n) is 11.1. The zero-order chi connectivity index (χ0) is 14.1. The average Bonchev–Trinajstić information content (AvgIpc) is 2.45. The number of rotatable bonds is 2. The van der Waals surface area contributed by atoms with Gasteiger partial charge >= 0.3 is 0 Å². The second-order valence-corrected chi connectivity index (χ2v) is 5.91. The molecule has 0 nitrogen and oxygen atoms in total. The third kappa shape index (κ3) is 2.48. The van der Waals surface area contributed by atoms with Gasteiger partial charge in [-0.05, 0) is 46.5 Å². The Hall–Kier alpha value is -1.67. The van der Waals surface area contributed by atoms with E-state index in [-0.39, 0.29) is 10.6 Å². The van der Waals surface area contributed by atoms with Crippen molar-refractivity contribution in [2.24, 2.45) is 0 Å². The number of benzene rings is 3. The predicted octanol–water partition coefficient (Wildman–Crippen LogP) is 5.77. The Morgan fingerprint density at radius 3 is 2.50 bits per heavy atom. The van der Waals surface area contributed by atoms with Crippen LogP contribution < -0.4 is 0 Å². The Labute approximate surface area is 126 Å². The molecule has 0 amide bonds. The van der Waals surface area contributed by atoms with Crippen LogP contribution in [0.2, 0.25) is 0 Å². The molecule has 2 heteroatoms. The summed E-state index contributed by atoms with van der Waals surface area (Å²) < 4.78 is 13.6. The third-order valence-corrected chi connectivity index (χ3v) is 4.48. The van der Waals surface area contributed by atoms with Crippen molar-refractivity contribution < 1.29 is 4.39 Å². The SMILES string of the molecule is Cc1cc(F)cc(C(Br)c2cccc3ccccc23)c1. The Balaban J connectivity index is 2.15. The summed E-state index contributed by atoms with van der Waals surface area (Å²) in [6.07, 6.45) is 0. The van der Waals surface area contributed by atoms with E-state index in [1.807, 2.05) is 31.2 Å². The zero-order valence-corrected chi connectivity index (χ0v) is 12.7. The molecule has 3 aromatic carbocycles. The van der Waals surface area contributed by atoms with E-state index in [2.05, 4.69) is 40.2 Å². The fourth-order valence-corrected chi connectivity index (χ4v) is 3.23. The largest absolute Gasteiger partial charge is 0.207 e. The average molecular weight is 329 g/mol. The molecule has 0 saturated heterocycles. The molecule has 0 aliphatic heterocycles. The molecule has 3 rings (SSSR count). The van der Waals surface area contributed by atoms with E-state index in [4.69, 9.17) is 0 Å². The Kier molecular flexibility index (Phi) is 3.58. The van der Waals surface area contributed by atoms with E-state index in [1.54, 1.807) is 12.1 Å². The van der Waals surface area contributed by atoms with E-state index in [9.17, 15) is 4.39 Å². The molecule has 0 heterocycles. The summed E-state index contributed by atoms with van der Waals surface area (Å²) in [6, 6.07) is 19.6. The van der Waals surface area contributed by atoms with Crippen LogP contribution >= 0.6 is 15.9 Å². The van der Waals surface area contributed by atoms with Gasteiger partial charge in [0.05, 0.1) is 4.83 Å². The van der Waals surface area contributed by atoms with Gasteiger partial charge < -0.3 is 0 Å². The molecule has 0 aromatic heterocycles. The highest BCUT2D eigenvalue weighted by molar-refractivity contribution is 9.09. The van der Waals surface area contributed by atoms with Crippen LogP contribution in [0.15, 0.2) is 60.7 Å². The van der Waals surface area contributed by atoms with Crippen molar-refractivity contribution >= 4 is 26.7 Å². The number of halogens is 2. The van der Waals surface area contributed by atoms with Gasteiger partial charge in [0.25, 0.3) is 0 Å². The molecule has 3 aromatic rings. The topological polar surface area (TPSA) is 0 Å². The predicted molar refractivity (Wildman–Crippen MR) is 85.9 cm³/mol. The van der Waals surface area contributed by atoms with Gasteiger partial charge in [0, 0.05) is 0 Å². The van der Waals surface area contributed by atoms with Crippen LogP contribution in [0.5, 0.6) is 0 Å². The fourth-order valence-electron chi connectivity index (χ4n) is 2.56. The van der Waals surface area contributed by atoms with Gasteiger partial charge in [-0.15, -0.1) is 0 Å². The molecule has 1 atom stereocenters. The summed E-state index contributed by atoms with van der Waals surface area (Å²) in [7, 11) is 0. The molecule has 0 N–H and O–H groups in total. The molecule has 0 aliphatic rings. The summed E-state index contributed by atoms with van der Waals surface area (Å²) in [6.45, 7) is 1.91. The van der Waals surface area contributed by atoms with Crippen LogP contribution in [0.1, 0.15) is 21.5 Å². The highest BCUT2D eigenvalue weighted by Gasteiger charge is 2.14. The minimum Gasteiger partial charge on any atom is -0.207 e. The summed E-state index contributed by atoms with van der Waals surface area (Å²) in [5, 5.41) is 2.39. The Morgan fingerprint density at radius 1 is 0.950 bits per heavy atom. The maximum Gasteiger partial charge on any atom is 0.123 e. The van der Waals surface area contributed by atoms with Gasteiger partial charge in [0.2, 0.25) is 0 Å². The van der Waals surface area contributed by atoms with E-state index >= 15 is 0 Å². The van der Waals surface area contributed by atoms with Crippen molar-refractivity contribution in [1.82, 2.24) is 0 Å². The monoisotopic (exact) mass is 328 g/mol. The molecule has 0 spiro atoms. The lowest BCUT2D eigenvalue weighted by atomic mass is 9.97. The van der Waals surface area contributed by atoms with E-state index in [0.29, 0.717) is 0 Å². The number of fused-ring (bicyclic) bond motifs is 1. The summed E-state index contributed by atoms with van der Waals surface area (Å²) >= 11 is 3.72. The third-order valence-electron chi connectivity index (χ3n) is 3.45. The molecular weight excluding hydrogens is 315 g/mol. The molecule has 0 aliphatic carbocycles. The summed E-state index contributed by atoms with van der Waals surface area (Å²) in [5.74, 6) is -0.190. The lowest BCUT2D eigenvalue weighted by Crippen LogP contribution is -1.96. The standard InChI is InChI=1S/C18H14BrF/c1-12-9-14(11-15(20)10-12)18(19)17-8-4-6-13-5-2-3-7-16(13)17/h2-11,18H,1H3. The van der Waals surface area contributed by atoms with Crippen LogP contribution in [0.3, 0.4) is 0 Å². The number of aryl methyl sites for hydroxylation is 1. The Morgan fingerprint density at radius 2 is 1.70 bits per heavy atom. The lowest BCUT2D eigenvalue weighted by Gasteiger charge is -2.14. The first-order valence-electron chi connectivity index (χ1n) is 6.54. The van der Waals surface area contributed by atoms with E-state index in [0.717, 1.165) is 16.7 Å². The summed E-state index contributed by atoms with van der Waals surface area (Å²) in [4.78, 5) is -0.0111. The first-order chi connectivity index (χ1) is 9.65.